The number of carbonyl (C=O) groups excluding carboxylic acids is 2. The number of hydrogen-bond donors (Lipinski definition) is 1. The molecule has 270 valence electrons. The second kappa shape index (κ2) is 33.7. The molecule has 5 heteroatoms. The van der Waals surface area contributed by atoms with Crippen molar-refractivity contribution in [3.05, 3.63) is 48.6 Å². The van der Waals surface area contributed by atoms with Gasteiger partial charge in [0.05, 0.1) is 13.2 Å². The van der Waals surface area contributed by atoms with Crippen molar-refractivity contribution in [3.63, 3.8) is 0 Å². The van der Waals surface area contributed by atoms with Crippen LogP contribution >= 0.6 is 0 Å². The molecule has 1 aliphatic heterocycles. The first kappa shape index (κ1) is 42.9. The summed E-state index contributed by atoms with van der Waals surface area (Å²) in [6, 6.07) is 0. The molecule has 1 N–H and O–H groups in total. The quantitative estimate of drug-likeness (QED) is 0.0444. The number of carbonyl (C=O) groups is 2. The first-order chi connectivity index (χ1) is 23.2. The number of rotatable bonds is 32. The molecular weight excluding hydrogens is 582 g/mol. The number of esters is 2. The van der Waals surface area contributed by atoms with Crippen molar-refractivity contribution in [2.45, 2.75) is 168 Å². The second-order valence-corrected chi connectivity index (χ2v) is 13.5. The lowest BCUT2D eigenvalue weighted by atomic mass is 9.98. The van der Waals surface area contributed by atoms with E-state index in [4.69, 9.17) is 9.47 Å². The predicted octanol–water partition coefficient (Wildman–Crippen LogP) is 11.5. The van der Waals surface area contributed by atoms with Gasteiger partial charge in [0.15, 0.2) is 0 Å². The van der Waals surface area contributed by atoms with Crippen molar-refractivity contribution in [2.75, 3.05) is 26.3 Å². The van der Waals surface area contributed by atoms with Crippen molar-refractivity contribution in [3.8, 4) is 0 Å². The summed E-state index contributed by atoms with van der Waals surface area (Å²) in [5.41, 5.74) is 0. The minimum Gasteiger partial charge on any atom is -0.465 e. The molecule has 1 fully saturated rings. The molecule has 0 unspecified atom stereocenters. The Labute approximate surface area is 290 Å². The topological polar surface area (TPSA) is 64.6 Å². The van der Waals surface area contributed by atoms with Crippen LogP contribution in [0.25, 0.3) is 0 Å². The van der Waals surface area contributed by atoms with E-state index in [1.165, 1.54) is 89.9 Å². The standard InChI is InChI=1S/C42H73NO4/c1-3-5-7-9-11-13-15-17-19-21-23-25-27-29-31-33-41(44)46-37-39-35-43-36-40(39)38-47-42(45)34-32-30-28-26-24-22-20-18-16-14-12-10-8-6-4-2/h11-14,17-20,39-40,43H,3-10,15-16,21-38H2,1-2H3/b13-11+,14-12+,19-17-,20-18-/t39-,40-/m0/s1. The van der Waals surface area contributed by atoms with E-state index in [9.17, 15) is 9.59 Å². The van der Waals surface area contributed by atoms with Crippen molar-refractivity contribution in [1.82, 2.24) is 5.32 Å². The minimum absolute atomic E-state index is 0.0975. The van der Waals surface area contributed by atoms with Gasteiger partial charge in [-0.2, -0.15) is 0 Å². The third-order valence-electron chi connectivity index (χ3n) is 9.06. The van der Waals surface area contributed by atoms with E-state index < -0.39 is 0 Å². The highest BCUT2D eigenvalue weighted by Crippen LogP contribution is 2.19. The van der Waals surface area contributed by atoms with Crippen LogP contribution in [0.2, 0.25) is 0 Å². The second-order valence-electron chi connectivity index (χ2n) is 13.5. The summed E-state index contributed by atoms with van der Waals surface area (Å²) in [7, 11) is 0. The number of hydrogen-bond acceptors (Lipinski definition) is 5. The van der Waals surface area contributed by atoms with Gasteiger partial charge >= 0.3 is 11.9 Å². The van der Waals surface area contributed by atoms with Crippen molar-refractivity contribution >= 4 is 11.9 Å². The summed E-state index contributed by atoms with van der Waals surface area (Å²) in [5.74, 6) is 0.235. The zero-order valence-electron chi connectivity index (χ0n) is 30.7. The monoisotopic (exact) mass is 656 g/mol. The van der Waals surface area contributed by atoms with Gasteiger partial charge in [-0.15, -0.1) is 0 Å². The average molecular weight is 656 g/mol. The summed E-state index contributed by atoms with van der Waals surface area (Å²) < 4.78 is 11.2. The van der Waals surface area contributed by atoms with E-state index in [0.717, 1.165) is 64.5 Å². The predicted molar refractivity (Wildman–Crippen MR) is 200 cm³/mol. The Bertz CT molecular complexity index is 778. The van der Waals surface area contributed by atoms with Crippen LogP contribution in [0.3, 0.4) is 0 Å². The summed E-state index contributed by atoms with van der Waals surface area (Å²) in [4.78, 5) is 24.6. The lowest BCUT2D eigenvalue weighted by Gasteiger charge is -2.18. The Kier molecular flexibility index (Phi) is 30.8. The largest absolute Gasteiger partial charge is 0.465 e. The molecule has 5 nitrogen and oxygen atoms in total. The Hall–Kier alpha value is -2.14. The molecule has 47 heavy (non-hydrogen) atoms. The summed E-state index contributed by atoms with van der Waals surface area (Å²) >= 11 is 0. The van der Waals surface area contributed by atoms with Crippen LogP contribution in [-0.4, -0.2) is 38.2 Å². The van der Waals surface area contributed by atoms with Gasteiger partial charge in [0.25, 0.3) is 0 Å². The van der Waals surface area contributed by atoms with Crippen LogP contribution < -0.4 is 5.32 Å². The minimum atomic E-state index is -0.0975. The lowest BCUT2D eigenvalue weighted by molar-refractivity contribution is -0.149. The van der Waals surface area contributed by atoms with Crippen LogP contribution in [0.1, 0.15) is 168 Å². The fourth-order valence-corrected chi connectivity index (χ4v) is 5.88. The van der Waals surface area contributed by atoms with Crippen LogP contribution in [0.5, 0.6) is 0 Å². The highest BCUT2D eigenvalue weighted by atomic mass is 16.5. The third kappa shape index (κ3) is 28.6. The molecule has 0 saturated carbocycles. The molecule has 0 spiro atoms. The lowest BCUT2D eigenvalue weighted by Crippen LogP contribution is -2.25. The van der Waals surface area contributed by atoms with Gasteiger partial charge in [0, 0.05) is 37.8 Å². The third-order valence-corrected chi connectivity index (χ3v) is 9.06. The molecule has 0 aromatic rings. The van der Waals surface area contributed by atoms with Crippen molar-refractivity contribution in [2.24, 2.45) is 11.8 Å². The maximum atomic E-state index is 12.3. The molecule has 1 heterocycles. The van der Waals surface area contributed by atoms with Gasteiger partial charge in [-0.1, -0.05) is 127 Å². The molecule has 1 saturated heterocycles. The van der Waals surface area contributed by atoms with Crippen molar-refractivity contribution < 1.29 is 19.1 Å². The van der Waals surface area contributed by atoms with E-state index in [-0.39, 0.29) is 23.8 Å². The smallest absolute Gasteiger partial charge is 0.305 e. The zero-order valence-corrected chi connectivity index (χ0v) is 30.7. The van der Waals surface area contributed by atoms with Crippen LogP contribution in [0.15, 0.2) is 48.6 Å². The normalized spacial score (nSPS) is 16.8. The van der Waals surface area contributed by atoms with Gasteiger partial charge in [-0.3, -0.25) is 9.59 Å². The molecule has 2 atom stereocenters. The summed E-state index contributed by atoms with van der Waals surface area (Å²) in [6.07, 6.45) is 45.2. The van der Waals surface area contributed by atoms with Gasteiger partial charge < -0.3 is 14.8 Å². The van der Waals surface area contributed by atoms with Crippen LogP contribution in [0, 0.1) is 11.8 Å². The van der Waals surface area contributed by atoms with Gasteiger partial charge in [-0.05, 0) is 77.0 Å². The Morgan fingerprint density at radius 1 is 0.489 bits per heavy atom. The molecule has 1 aliphatic rings. The molecular formula is C42H73NO4. The summed E-state index contributed by atoms with van der Waals surface area (Å²) in [5, 5.41) is 3.37. The van der Waals surface area contributed by atoms with E-state index >= 15 is 0 Å². The summed E-state index contributed by atoms with van der Waals surface area (Å²) in [6.45, 7) is 6.94. The Morgan fingerprint density at radius 3 is 1.21 bits per heavy atom. The number of allylic oxidation sites excluding steroid dienone is 8. The SMILES string of the molecule is CCCCC/C=C/C/C=C\CCCCCCCC(=O)OC[C@@H]1CNC[C@H]1COC(=O)CCCCCCC/C=C\C/C=C/CCCCC. The molecule has 1 rings (SSSR count). The Balaban J connectivity index is 1.95. The first-order valence-electron chi connectivity index (χ1n) is 19.8. The van der Waals surface area contributed by atoms with Crippen LogP contribution in [-0.2, 0) is 19.1 Å². The van der Waals surface area contributed by atoms with Gasteiger partial charge in [0.1, 0.15) is 0 Å². The molecule has 0 aromatic heterocycles. The molecule has 0 amide bonds. The highest BCUT2D eigenvalue weighted by Gasteiger charge is 2.29. The maximum Gasteiger partial charge on any atom is 0.305 e. The maximum absolute atomic E-state index is 12.3. The number of ether oxygens (including phenoxy) is 2. The highest BCUT2D eigenvalue weighted by molar-refractivity contribution is 5.69. The zero-order chi connectivity index (χ0) is 33.9. The van der Waals surface area contributed by atoms with Crippen LogP contribution in [0.4, 0.5) is 0 Å². The molecule has 0 aliphatic carbocycles. The Morgan fingerprint density at radius 2 is 0.830 bits per heavy atom. The molecule has 0 bridgehead atoms. The van der Waals surface area contributed by atoms with Gasteiger partial charge in [-0.25, -0.2) is 0 Å². The van der Waals surface area contributed by atoms with E-state index in [1.54, 1.807) is 0 Å². The fourth-order valence-electron chi connectivity index (χ4n) is 5.88. The van der Waals surface area contributed by atoms with E-state index in [2.05, 4.69) is 67.8 Å². The van der Waals surface area contributed by atoms with Crippen molar-refractivity contribution in [1.29, 1.82) is 0 Å². The first-order valence-corrected chi connectivity index (χ1v) is 19.8. The van der Waals surface area contributed by atoms with Gasteiger partial charge in [0.2, 0.25) is 0 Å². The number of unbranched alkanes of at least 4 members (excludes halogenated alkanes) is 16. The molecule has 0 aromatic carbocycles. The average Bonchev–Trinajstić information content (AvgIpc) is 3.53. The fraction of sp³-hybridized carbons (Fsp3) is 0.762. The number of nitrogens with one attached hydrogen (secondary N) is 1. The van der Waals surface area contributed by atoms with E-state index in [0.29, 0.717) is 26.1 Å². The van der Waals surface area contributed by atoms with E-state index in [1.807, 2.05) is 0 Å². The molecule has 0 radical (unpaired) electrons.